The standard InChI is InChI=1S/C15H28N2O4/c1-7-10(2)11(12(18)19)16-13(20)17-8-14(3,4)21-15(5,6)9-17/h10-11H,7-9H2,1-6H3,(H,16,20)(H,18,19)/t10?,11-/m0/s1. The Bertz CT molecular complexity index is 390. The Balaban J connectivity index is 2.80. The van der Waals surface area contributed by atoms with Crippen LogP contribution in [-0.4, -0.2) is 52.3 Å². The lowest BCUT2D eigenvalue weighted by molar-refractivity contribution is -0.170. The summed E-state index contributed by atoms with van der Waals surface area (Å²) in [4.78, 5) is 25.4. The average molecular weight is 300 g/mol. The summed E-state index contributed by atoms with van der Waals surface area (Å²) in [6, 6.07) is -1.20. The lowest BCUT2D eigenvalue weighted by Crippen LogP contribution is -2.62. The molecule has 2 amide bonds. The third kappa shape index (κ3) is 4.88. The Morgan fingerprint density at radius 1 is 1.24 bits per heavy atom. The molecule has 6 heteroatoms. The number of amides is 2. The molecule has 122 valence electrons. The summed E-state index contributed by atoms with van der Waals surface area (Å²) in [5.74, 6) is -1.11. The van der Waals surface area contributed by atoms with Gasteiger partial charge in [0.1, 0.15) is 6.04 Å². The first-order valence-corrected chi connectivity index (χ1v) is 7.46. The summed E-state index contributed by atoms with van der Waals surface area (Å²) in [5, 5.41) is 11.9. The monoisotopic (exact) mass is 300 g/mol. The molecule has 0 aromatic rings. The second kappa shape index (κ2) is 6.22. The van der Waals surface area contributed by atoms with E-state index in [2.05, 4.69) is 5.32 Å². The van der Waals surface area contributed by atoms with Crippen LogP contribution < -0.4 is 5.32 Å². The van der Waals surface area contributed by atoms with Crippen LogP contribution in [0.4, 0.5) is 4.79 Å². The smallest absolute Gasteiger partial charge is 0.326 e. The van der Waals surface area contributed by atoms with E-state index in [1.165, 1.54) is 0 Å². The molecule has 1 saturated heterocycles. The van der Waals surface area contributed by atoms with Gasteiger partial charge in [-0.25, -0.2) is 9.59 Å². The minimum atomic E-state index is -0.996. The minimum absolute atomic E-state index is 0.117. The Hall–Kier alpha value is -1.30. The van der Waals surface area contributed by atoms with Gasteiger partial charge in [0.25, 0.3) is 0 Å². The molecule has 0 aliphatic carbocycles. The third-order valence-corrected chi connectivity index (χ3v) is 3.74. The largest absolute Gasteiger partial charge is 0.480 e. The molecule has 0 aromatic carbocycles. The van der Waals surface area contributed by atoms with E-state index in [-0.39, 0.29) is 11.9 Å². The molecule has 21 heavy (non-hydrogen) atoms. The van der Waals surface area contributed by atoms with Gasteiger partial charge in [0.05, 0.1) is 24.3 Å². The summed E-state index contributed by atoms with van der Waals surface area (Å²) >= 11 is 0. The second-order valence-corrected chi connectivity index (χ2v) is 7.13. The summed E-state index contributed by atoms with van der Waals surface area (Å²) in [6.45, 7) is 12.3. The number of ether oxygens (including phenoxy) is 1. The molecular formula is C15H28N2O4. The van der Waals surface area contributed by atoms with Crippen LogP contribution in [0.25, 0.3) is 0 Å². The first-order chi connectivity index (χ1) is 9.47. The normalized spacial score (nSPS) is 23.2. The number of carbonyl (C=O) groups is 2. The van der Waals surface area contributed by atoms with Crippen molar-refractivity contribution in [2.75, 3.05) is 13.1 Å². The number of hydrogen-bond acceptors (Lipinski definition) is 3. The van der Waals surface area contributed by atoms with E-state index in [9.17, 15) is 14.7 Å². The van der Waals surface area contributed by atoms with Gasteiger partial charge in [0, 0.05) is 0 Å². The first-order valence-electron chi connectivity index (χ1n) is 7.46. The van der Waals surface area contributed by atoms with Crippen molar-refractivity contribution in [2.24, 2.45) is 5.92 Å². The van der Waals surface area contributed by atoms with Crippen molar-refractivity contribution < 1.29 is 19.4 Å². The van der Waals surface area contributed by atoms with E-state index < -0.39 is 23.2 Å². The number of morpholine rings is 1. The van der Waals surface area contributed by atoms with Crippen molar-refractivity contribution in [2.45, 2.75) is 65.2 Å². The molecule has 1 aliphatic heterocycles. The van der Waals surface area contributed by atoms with Gasteiger partial charge in [-0.2, -0.15) is 0 Å². The van der Waals surface area contributed by atoms with Gasteiger partial charge in [-0.05, 0) is 33.6 Å². The molecule has 1 fully saturated rings. The van der Waals surface area contributed by atoms with E-state index in [4.69, 9.17) is 4.74 Å². The van der Waals surface area contributed by atoms with Crippen LogP contribution >= 0.6 is 0 Å². The van der Waals surface area contributed by atoms with Crippen LogP contribution in [-0.2, 0) is 9.53 Å². The number of aliphatic carboxylic acids is 1. The summed E-state index contributed by atoms with van der Waals surface area (Å²) < 4.78 is 5.92. The molecule has 0 aromatic heterocycles. The number of rotatable bonds is 4. The highest BCUT2D eigenvalue weighted by Gasteiger charge is 2.40. The average Bonchev–Trinajstić information content (AvgIpc) is 2.30. The second-order valence-electron chi connectivity index (χ2n) is 7.13. The lowest BCUT2D eigenvalue weighted by atomic mass is 9.98. The molecule has 0 bridgehead atoms. The fourth-order valence-electron chi connectivity index (χ4n) is 2.84. The molecule has 1 rings (SSSR count). The molecule has 0 spiro atoms. The molecular weight excluding hydrogens is 272 g/mol. The quantitative estimate of drug-likeness (QED) is 0.833. The van der Waals surface area contributed by atoms with Crippen molar-refractivity contribution in [3.63, 3.8) is 0 Å². The zero-order valence-corrected chi connectivity index (χ0v) is 13.9. The molecule has 2 N–H and O–H groups in total. The van der Waals surface area contributed by atoms with E-state index in [1.54, 1.807) is 4.90 Å². The van der Waals surface area contributed by atoms with Gasteiger partial charge in [0.15, 0.2) is 0 Å². The van der Waals surface area contributed by atoms with Crippen molar-refractivity contribution in [1.29, 1.82) is 0 Å². The van der Waals surface area contributed by atoms with Gasteiger partial charge >= 0.3 is 12.0 Å². The molecule has 1 aliphatic rings. The number of carboxylic acids is 1. The van der Waals surface area contributed by atoms with Crippen molar-refractivity contribution in [1.82, 2.24) is 10.2 Å². The van der Waals surface area contributed by atoms with Gasteiger partial charge in [-0.15, -0.1) is 0 Å². The number of nitrogens with one attached hydrogen (secondary N) is 1. The highest BCUT2D eigenvalue weighted by Crippen LogP contribution is 2.28. The number of carbonyl (C=O) groups excluding carboxylic acids is 1. The Morgan fingerprint density at radius 3 is 2.10 bits per heavy atom. The van der Waals surface area contributed by atoms with Crippen LogP contribution in [0.15, 0.2) is 0 Å². The summed E-state index contributed by atoms with van der Waals surface area (Å²) in [7, 11) is 0. The van der Waals surface area contributed by atoms with E-state index >= 15 is 0 Å². The molecule has 6 nitrogen and oxygen atoms in total. The molecule has 0 radical (unpaired) electrons. The summed E-state index contributed by atoms with van der Waals surface area (Å²) in [5.41, 5.74) is -0.900. The van der Waals surface area contributed by atoms with Crippen molar-refractivity contribution >= 4 is 12.0 Å². The number of carboxylic acid groups (broad SMARTS) is 1. The molecule has 0 saturated carbocycles. The number of nitrogens with zero attached hydrogens (tertiary/aromatic N) is 1. The lowest BCUT2D eigenvalue weighted by Gasteiger charge is -2.47. The van der Waals surface area contributed by atoms with Crippen LogP contribution in [0.3, 0.4) is 0 Å². The first kappa shape index (κ1) is 17.8. The van der Waals surface area contributed by atoms with Gasteiger partial charge in [-0.1, -0.05) is 20.3 Å². The SMILES string of the molecule is CCC(C)[C@H](NC(=O)N1CC(C)(C)OC(C)(C)C1)C(=O)O. The Labute approximate surface area is 126 Å². The maximum Gasteiger partial charge on any atom is 0.326 e. The molecule has 1 heterocycles. The Morgan fingerprint density at radius 2 is 1.71 bits per heavy atom. The molecule has 2 atom stereocenters. The topological polar surface area (TPSA) is 78.9 Å². The van der Waals surface area contributed by atoms with Gasteiger partial charge in [-0.3, -0.25) is 0 Å². The fraction of sp³-hybridized carbons (Fsp3) is 0.867. The number of hydrogen-bond donors (Lipinski definition) is 2. The van der Waals surface area contributed by atoms with Crippen molar-refractivity contribution in [3.8, 4) is 0 Å². The predicted octanol–water partition coefficient (Wildman–Crippen LogP) is 2.08. The highest BCUT2D eigenvalue weighted by molar-refractivity contribution is 5.83. The van der Waals surface area contributed by atoms with Crippen molar-refractivity contribution in [3.05, 3.63) is 0 Å². The zero-order chi connectivity index (χ0) is 16.4. The zero-order valence-electron chi connectivity index (χ0n) is 13.9. The van der Waals surface area contributed by atoms with Crippen LogP contribution in [0, 0.1) is 5.92 Å². The molecule has 1 unspecified atom stereocenters. The maximum atomic E-state index is 12.4. The predicted molar refractivity (Wildman–Crippen MR) is 80.2 cm³/mol. The van der Waals surface area contributed by atoms with Crippen LogP contribution in [0.2, 0.25) is 0 Å². The number of urea groups is 1. The van der Waals surface area contributed by atoms with Gasteiger partial charge in [0.2, 0.25) is 0 Å². The fourth-order valence-corrected chi connectivity index (χ4v) is 2.84. The van der Waals surface area contributed by atoms with Crippen LogP contribution in [0.5, 0.6) is 0 Å². The summed E-state index contributed by atoms with van der Waals surface area (Å²) in [6.07, 6.45) is 0.692. The minimum Gasteiger partial charge on any atom is -0.480 e. The maximum absolute atomic E-state index is 12.4. The highest BCUT2D eigenvalue weighted by atomic mass is 16.5. The van der Waals surface area contributed by atoms with Crippen LogP contribution in [0.1, 0.15) is 48.0 Å². The van der Waals surface area contributed by atoms with E-state index in [1.807, 2.05) is 41.5 Å². The van der Waals surface area contributed by atoms with Gasteiger partial charge < -0.3 is 20.1 Å². The van der Waals surface area contributed by atoms with E-state index in [0.717, 1.165) is 0 Å². The van der Waals surface area contributed by atoms with E-state index in [0.29, 0.717) is 19.5 Å². The third-order valence-electron chi connectivity index (χ3n) is 3.74. The Kier molecular flexibility index (Phi) is 5.25.